The Morgan fingerprint density at radius 3 is 1.67 bits per heavy atom. The van der Waals surface area contributed by atoms with Crippen LogP contribution in [-0.4, -0.2) is 12.1 Å². The van der Waals surface area contributed by atoms with Crippen molar-refractivity contribution in [3.63, 3.8) is 0 Å². The maximum atomic E-state index is 3.71. The molecule has 0 aromatic rings. The van der Waals surface area contributed by atoms with Crippen LogP contribution in [0.25, 0.3) is 0 Å². The molecule has 126 valence electrons. The van der Waals surface area contributed by atoms with Gasteiger partial charge in [-0.3, -0.25) is 0 Å². The van der Waals surface area contributed by atoms with Crippen molar-refractivity contribution in [2.75, 3.05) is 6.54 Å². The highest BCUT2D eigenvalue weighted by Crippen LogP contribution is 2.49. The topological polar surface area (TPSA) is 12.0 Å². The summed E-state index contributed by atoms with van der Waals surface area (Å²) in [5.74, 6) is 0. The molecule has 0 amide bonds. The SMILES string of the molecule is CCCCCCCCCCCCC1(CNC(C)(C)C)CC1. The van der Waals surface area contributed by atoms with E-state index in [4.69, 9.17) is 0 Å². The van der Waals surface area contributed by atoms with Crippen LogP contribution in [0.4, 0.5) is 0 Å². The zero-order valence-electron chi connectivity index (χ0n) is 15.4. The van der Waals surface area contributed by atoms with E-state index < -0.39 is 0 Å². The second kappa shape index (κ2) is 9.87. The lowest BCUT2D eigenvalue weighted by Gasteiger charge is -2.25. The highest BCUT2D eigenvalue weighted by Gasteiger charge is 2.41. The number of hydrogen-bond acceptors (Lipinski definition) is 1. The summed E-state index contributed by atoms with van der Waals surface area (Å²) in [4.78, 5) is 0. The van der Waals surface area contributed by atoms with Crippen LogP contribution in [0.5, 0.6) is 0 Å². The van der Waals surface area contributed by atoms with Gasteiger partial charge >= 0.3 is 0 Å². The molecule has 1 saturated carbocycles. The van der Waals surface area contributed by atoms with Crippen LogP contribution < -0.4 is 5.32 Å². The second-order valence-electron chi connectivity index (χ2n) is 8.54. The third-order valence-electron chi connectivity index (χ3n) is 5.01. The maximum absolute atomic E-state index is 3.71. The predicted octanol–water partition coefficient (Wildman–Crippen LogP) is 6.47. The summed E-state index contributed by atoms with van der Waals surface area (Å²) in [5, 5.41) is 3.71. The van der Waals surface area contributed by atoms with Gasteiger partial charge in [0.2, 0.25) is 0 Å². The molecule has 1 heteroatoms. The molecule has 0 spiro atoms. The summed E-state index contributed by atoms with van der Waals surface area (Å²) in [5.41, 5.74) is 0.973. The first kappa shape index (κ1) is 19.0. The van der Waals surface area contributed by atoms with Gasteiger partial charge in [0.25, 0.3) is 0 Å². The molecule has 0 radical (unpaired) electrons. The Labute approximate surface area is 134 Å². The molecule has 1 rings (SSSR count). The van der Waals surface area contributed by atoms with Gasteiger partial charge in [-0.25, -0.2) is 0 Å². The smallest absolute Gasteiger partial charge is 0.00967 e. The fraction of sp³-hybridized carbons (Fsp3) is 1.00. The molecule has 0 heterocycles. The van der Waals surface area contributed by atoms with E-state index >= 15 is 0 Å². The summed E-state index contributed by atoms with van der Waals surface area (Å²) in [6.45, 7) is 10.4. The molecule has 1 aliphatic rings. The molecule has 0 aromatic carbocycles. The van der Waals surface area contributed by atoms with Crippen molar-refractivity contribution in [3.05, 3.63) is 0 Å². The van der Waals surface area contributed by atoms with Gasteiger partial charge in [0.1, 0.15) is 0 Å². The van der Waals surface area contributed by atoms with E-state index in [1.807, 2.05) is 0 Å². The summed E-state index contributed by atoms with van der Waals surface area (Å²) >= 11 is 0. The van der Waals surface area contributed by atoms with Crippen molar-refractivity contribution in [2.45, 2.75) is 117 Å². The first-order valence-corrected chi connectivity index (χ1v) is 9.72. The molecule has 0 unspecified atom stereocenters. The molecule has 1 N–H and O–H groups in total. The lowest BCUT2D eigenvalue weighted by Crippen LogP contribution is -2.39. The molecule has 0 atom stereocenters. The fourth-order valence-electron chi connectivity index (χ4n) is 3.13. The number of nitrogens with one attached hydrogen (secondary N) is 1. The summed E-state index contributed by atoms with van der Waals surface area (Å²) in [7, 11) is 0. The third kappa shape index (κ3) is 10.3. The van der Waals surface area contributed by atoms with E-state index in [2.05, 4.69) is 33.0 Å². The predicted molar refractivity (Wildman–Crippen MR) is 95.9 cm³/mol. The standard InChI is InChI=1S/C20H41N/c1-5-6-7-8-9-10-11-12-13-14-15-20(16-17-20)18-21-19(2,3)4/h21H,5-18H2,1-4H3. The van der Waals surface area contributed by atoms with Crippen molar-refractivity contribution in [3.8, 4) is 0 Å². The Kier molecular flexibility index (Phi) is 8.94. The van der Waals surface area contributed by atoms with Crippen LogP contribution in [0.3, 0.4) is 0 Å². The average molecular weight is 296 g/mol. The highest BCUT2D eigenvalue weighted by molar-refractivity contribution is 4.95. The van der Waals surface area contributed by atoms with Gasteiger partial charge in [-0.2, -0.15) is 0 Å². The van der Waals surface area contributed by atoms with Crippen molar-refractivity contribution in [1.82, 2.24) is 5.32 Å². The number of hydrogen-bond donors (Lipinski definition) is 1. The van der Waals surface area contributed by atoms with Crippen molar-refractivity contribution in [1.29, 1.82) is 0 Å². The largest absolute Gasteiger partial charge is 0.312 e. The molecule has 1 aliphatic carbocycles. The summed E-state index contributed by atoms with van der Waals surface area (Å²) in [6, 6.07) is 0. The van der Waals surface area contributed by atoms with Gasteiger partial charge in [-0.05, 0) is 45.4 Å². The molecule has 0 aromatic heterocycles. The minimum absolute atomic E-state index is 0.285. The monoisotopic (exact) mass is 295 g/mol. The molecule has 21 heavy (non-hydrogen) atoms. The second-order valence-corrected chi connectivity index (χ2v) is 8.54. The Bertz CT molecular complexity index is 247. The van der Waals surface area contributed by atoms with Crippen LogP contribution in [0.15, 0.2) is 0 Å². The van der Waals surface area contributed by atoms with Gasteiger partial charge in [-0.1, -0.05) is 71.1 Å². The molecular weight excluding hydrogens is 254 g/mol. The van der Waals surface area contributed by atoms with E-state index in [1.165, 1.54) is 90.0 Å². The van der Waals surface area contributed by atoms with Crippen LogP contribution in [0, 0.1) is 5.41 Å². The summed E-state index contributed by atoms with van der Waals surface area (Å²) in [6.07, 6.45) is 18.9. The van der Waals surface area contributed by atoms with E-state index in [1.54, 1.807) is 0 Å². The first-order valence-electron chi connectivity index (χ1n) is 9.72. The third-order valence-corrected chi connectivity index (χ3v) is 5.01. The lowest BCUT2D eigenvalue weighted by molar-refractivity contribution is 0.335. The first-order chi connectivity index (χ1) is 9.97. The van der Waals surface area contributed by atoms with E-state index in [0.29, 0.717) is 5.41 Å². The molecule has 1 fully saturated rings. The van der Waals surface area contributed by atoms with Crippen LogP contribution in [0.1, 0.15) is 111 Å². The lowest BCUT2D eigenvalue weighted by atomic mass is 9.96. The Morgan fingerprint density at radius 1 is 0.762 bits per heavy atom. The molecule has 0 aliphatic heterocycles. The van der Waals surface area contributed by atoms with Gasteiger partial charge in [-0.15, -0.1) is 0 Å². The molecule has 0 saturated heterocycles. The minimum Gasteiger partial charge on any atom is -0.312 e. The van der Waals surface area contributed by atoms with E-state index in [9.17, 15) is 0 Å². The van der Waals surface area contributed by atoms with E-state index in [-0.39, 0.29) is 5.54 Å². The summed E-state index contributed by atoms with van der Waals surface area (Å²) < 4.78 is 0. The zero-order chi connectivity index (χ0) is 15.6. The fourth-order valence-corrected chi connectivity index (χ4v) is 3.13. The van der Waals surface area contributed by atoms with Crippen molar-refractivity contribution in [2.24, 2.45) is 5.41 Å². The maximum Gasteiger partial charge on any atom is 0.00967 e. The highest BCUT2D eigenvalue weighted by atomic mass is 15.0. The van der Waals surface area contributed by atoms with Crippen LogP contribution in [-0.2, 0) is 0 Å². The molecular formula is C20H41N. The van der Waals surface area contributed by atoms with Gasteiger partial charge in [0, 0.05) is 12.1 Å². The molecule has 1 nitrogen and oxygen atoms in total. The van der Waals surface area contributed by atoms with Gasteiger partial charge in [0.05, 0.1) is 0 Å². The van der Waals surface area contributed by atoms with Gasteiger partial charge < -0.3 is 5.32 Å². The Morgan fingerprint density at radius 2 is 1.24 bits per heavy atom. The Hall–Kier alpha value is -0.0400. The van der Waals surface area contributed by atoms with Gasteiger partial charge in [0.15, 0.2) is 0 Å². The number of unbranched alkanes of at least 4 members (excludes halogenated alkanes) is 9. The average Bonchev–Trinajstić information content (AvgIpc) is 3.19. The Balaban J connectivity index is 1.88. The van der Waals surface area contributed by atoms with Crippen LogP contribution in [0.2, 0.25) is 0 Å². The number of rotatable bonds is 13. The normalized spacial score (nSPS) is 17.1. The van der Waals surface area contributed by atoms with E-state index in [0.717, 1.165) is 0 Å². The van der Waals surface area contributed by atoms with Crippen molar-refractivity contribution < 1.29 is 0 Å². The quantitative estimate of drug-likeness (QED) is 0.384. The molecule has 0 bridgehead atoms. The van der Waals surface area contributed by atoms with Crippen molar-refractivity contribution >= 4 is 0 Å². The minimum atomic E-state index is 0.285. The zero-order valence-corrected chi connectivity index (χ0v) is 15.4. The van der Waals surface area contributed by atoms with Crippen LogP contribution >= 0.6 is 0 Å².